The van der Waals surface area contributed by atoms with Crippen LogP contribution in [-0.4, -0.2) is 33.0 Å². The minimum Gasteiger partial charge on any atom is -0.451 e. The fourth-order valence-electron chi connectivity index (χ4n) is 2.27. The number of rotatable bonds is 5. The highest BCUT2D eigenvalue weighted by Gasteiger charge is 2.20. The van der Waals surface area contributed by atoms with Gasteiger partial charge in [0.1, 0.15) is 12.1 Å². The molecule has 1 heterocycles. The number of para-hydroxylation sites is 1. The molecule has 3 aromatic rings. The monoisotopic (exact) mass is 392 g/mol. The van der Waals surface area contributed by atoms with Crippen molar-refractivity contribution in [2.24, 2.45) is 0 Å². The van der Waals surface area contributed by atoms with Crippen molar-refractivity contribution in [3.05, 3.63) is 52.5 Å². The maximum absolute atomic E-state index is 12.2. The number of benzene rings is 2. The Morgan fingerprint density at radius 2 is 2.00 bits per heavy atom. The number of nitrogens with one attached hydrogen (secondary N) is 1. The summed E-state index contributed by atoms with van der Waals surface area (Å²) in [5.41, 5.74) is 1.75. The van der Waals surface area contributed by atoms with Gasteiger partial charge in [0.25, 0.3) is 5.91 Å². The Morgan fingerprint density at radius 1 is 1.23 bits per heavy atom. The number of hydrogen-bond acceptors (Lipinski definition) is 5. The fraction of sp³-hybridized carbons (Fsp3) is 0.176. The molecule has 0 aliphatic rings. The van der Waals surface area contributed by atoms with Crippen LogP contribution >= 0.6 is 23.2 Å². The summed E-state index contributed by atoms with van der Waals surface area (Å²) in [6, 6.07) is 11.9. The first-order valence-electron chi connectivity index (χ1n) is 7.67. The lowest BCUT2D eigenvalue weighted by molar-refractivity contribution is -0.153. The summed E-state index contributed by atoms with van der Waals surface area (Å²) in [5.74, 6) is -1.11. The molecule has 2 aromatic carbocycles. The van der Waals surface area contributed by atoms with Gasteiger partial charge in [0.15, 0.2) is 6.10 Å². The lowest BCUT2D eigenvalue weighted by Gasteiger charge is -2.14. The van der Waals surface area contributed by atoms with E-state index in [4.69, 9.17) is 27.9 Å². The topological polar surface area (TPSA) is 86.1 Å². The number of fused-ring (bicyclic) bond motifs is 1. The SMILES string of the molecule is CC(OC(=O)Cn1nnc2ccccc21)C(=O)Nc1ccc(Cl)cc1Cl. The number of carbonyl (C=O) groups excluding carboxylic acids is 2. The highest BCUT2D eigenvalue weighted by Crippen LogP contribution is 2.25. The molecule has 1 aromatic heterocycles. The summed E-state index contributed by atoms with van der Waals surface area (Å²) >= 11 is 11.8. The highest BCUT2D eigenvalue weighted by atomic mass is 35.5. The predicted molar refractivity (Wildman–Crippen MR) is 98.2 cm³/mol. The number of ether oxygens (including phenoxy) is 1. The number of hydrogen-bond donors (Lipinski definition) is 1. The van der Waals surface area contributed by atoms with Gasteiger partial charge >= 0.3 is 5.97 Å². The van der Waals surface area contributed by atoms with Crippen LogP contribution in [0.1, 0.15) is 6.92 Å². The Labute approximate surface area is 158 Å². The third-order valence-corrected chi connectivity index (χ3v) is 4.11. The largest absolute Gasteiger partial charge is 0.451 e. The minimum absolute atomic E-state index is 0.153. The van der Waals surface area contributed by atoms with Gasteiger partial charge in [-0.15, -0.1) is 5.10 Å². The summed E-state index contributed by atoms with van der Waals surface area (Å²) in [5, 5.41) is 11.2. The van der Waals surface area contributed by atoms with Gasteiger partial charge < -0.3 is 10.1 Å². The van der Waals surface area contributed by atoms with Crippen LogP contribution in [0.15, 0.2) is 42.5 Å². The molecular weight excluding hydrogens is 379 g/mol. The van der Waals surface area contributed by atoms with E-state index in [2.05, 4.69) is 15.6 Å². The first-order chi connectivity index (χ1) is 12.4. The Morgan fingerprint density at radius 3 is 2.77 bits per heavy atom. The first-order valence-corrected chi connectivity index (χ1v) is 8.43. The molecule has 0 saturated heterocycles. The number of esters is 1. The second-order valence-corrected chi connectivity index (χ2v) is 6.32. The van der Waals surface area contributed by atoms with Gasteiger partial charge in [-0.25, -0.2) is 4.68 Å². The molecule has 0 fully saturated rings. The van der Waals surface area contributed by atoms with Crippen LogP contribution in [0.5, 0.6) is 0 Å². The lowest BCUT2D eigenvalue weighted by atomic mass is 10.3. The summed E-state index contributed by atoms with van der Waals surface area (Å²) in [7, 11) is 0. The van der Waals surface area contributed by atoms with E-state index in [0.717, 1.165) is 0 Å². The molecular formula is C17H14Cl2N4O3. The van der Waals surface area contributed by atoms with Crippen molar-refractivity contribution in [3.63, 3.8) is 0 Å². The molecule has 0 aliphatic heterocycles. The van der Waals surface area contributed by atoms with Crippen LogP contribution in [-0.2, 0) is 20.9 Å². The fourth-order valence-corrected chi connectivity index (χ4v) is 2.73. The average Bonchev–Trinajstić information content (AvgIpc) is 3.00. The van der Waals surface area contributed by atoms with E-state index in [1.807, 2.05) is 12.1 Å². The van der Waals surface area contributed by atoms with Crippen LogP contribution in [0.25, 0.3) is 11.0 Å². The second-order valence-electron chi connectivity index (χ2n) is 5.48. The number of amides is 1. The van der Waals surface area contributed by atoms with E-state index in [9.17, 15) is 9.59 Å². The van der Waals surface area contributed by atoms with E-state index in [1.54, 1.807) is 24.3 Å². The quantitative estimate of drug-likeness (QED) is 0.673. The standard InChI is InChI=1S/C17H14Cl2N4O3/c1-10(17(25)20-13-7-6-11(18)8-12(13)19)26-16(24)9-23-15-5-3-2-4-14(15)21-22-23/h2-8,10H,9H2,1H3,(H,20,25). The van der Waals surface area contributed by atoms with Gasteiger partial charge in [-0.3, -0.25) is 9.59 Å². The van der Waals surface area contributed by atoms with E-state index >= 15 is 0 Å². The van der Waals surface area contributed by atoms with Crippen molar-refractivity contribution in [2.75, 3.05) is 5.32 Å². The predicted octanol–water partition coefficient (Wildman–Crippen LogP) is 3.31. The van der Waals surface area contributed by atoms with Crippen molar-refractivity contribution < 1.29 is 14.3 Å². The normalized spacial score (nSPS) is 12.0. The molecule has 0 saturated carbocycles. The van der Waals surface area contributed by atoms with E-state index in [-0.39, 0.29) is 6.54 Å². The summed E-state index contributed by atoms with van der Waals surface area (Å²) < 4.78 is 6.58. The van der Waals surface area contributed by atoms with E-state index < -0.39 is 18.0 Å². The number of carbonyl (C=O) groups is 2. The first kappa shape index (κ1) is 18.2. The number of halogens is 2. The summed E-state index contributed by atoms with van der Waals surface area (Å²) in [6.45, 7) is 1.32. The zero-order valence-electron chi connectivity index (χ0n) is 13.6. The Balaban J connectivity index is 1.60. The van der Waals surface area contributed by atoms with Gasteiger partial charge in [-0.1, -0.05) is 40.5 Å². The molecule has 1 unspecified atom stereocenters. The molecule has 0 radical (unpaired) electrons. The molecule has 1 amide bonds. The molecule has 26 heavy (non-hydrogen) atoms. The molecule has 134 valence electrons. The minimum atomic E-state index is -1.01. The van der Waals surface area contributed by atoms with Gasteiger partial charge in [-0.2, -0.15) is 0 Å². The van der Waals surface area contributed by atoms with Crippen LogP contribution in [0, 0.1) is 0 Å². The molecule has 9 heteroatoms. The maximum atomic E-state index is 12.2. The van der Waals surface area contributed by atoms with Crippen LogP contribution in [0.4, 0.5) is 5.69 Å². The third kappa shape index (κ3) is 4.12. The molecule has 0 aliphatic carbocycles. The van der Waals surface area contributed by atoms with E-state index in [0.29, 0.717) is 26.8 Å². The smallest absolute Gasteiger partial charge is 0.328 e. The molecule has 3 rings (SSSR count). The third-order valence-electron chi connectivity index (χ3n) is 3.57. The van der Waals surface area contributed by atoms with E-state index in [1.165, 1.54) is 17.7 Å². The van der Waals surface area contributed by atoms with Crippen molar-refractivity contribution in [1.29, 1.82) is 0 Å². The Hall–Kier alpha value is -2.64. The lowest BCUT2D eigenvalue weighted by Crippen LogP contribution is -2.31. The number of nitrogens with zero attached hydrogens (tertiary/aromatic N) is 3. The summed E-state index contributed by atoms with van der Waals surface area (Å²) in [4.78, 5) is 24.3. The number of aromatic nitrogens is 3. The van der Waals surface area contributed by atoms with Crippen molar-refractivity contribution in [2.45, 2.75) is 19.6 Å². The average molecular weight is 393 g/mol. The van der Waals surface area contributed by atoms with Gasteiger partial charge in [0.2, 0.25) is 0 Å². The highest BCUT2D eigenvalue weighted by molar-refractivity contribution is 6.36. The van der Waals surface area contributed by atoms with Crippen LogP contribution < -0.4 is 5.32 Å². The Bertz CT molecular complexity index is 974. The van der Waals surface area contributed by atoms with Crippen LogP contribution in [0.3, 0.4) is 0 Å². The van der Waals surface area contributed by atoms with Crippen molar-refractivity contribution in [1.82, 2.24) is 15.0 Å². The molecule has 0 bridgehead atoms. The van der Waals surface area contributed by atoms with Crippen molar-refractivity contribution in [3.8, 4) is 0 Å². The van der Waals surface area contributed by atoms with Gasteiger partial charge in [0, 0.05) is 5.02 Å². The summed E-state index contributed by atoms with van der Waals surface area (Å²) in [6.07, 6.45) is -1.01. The zero-order valence-corrected chi connectivity index (χ0v) is 15.2. The maximum Gasteiger partial charge on any atom is 0.328 e. The second kappa shape index (κ2) is 7.72. The van der Waals surface area contributed by atoms with Gasteiger partial charge in [-0.05, 0) is 37.3 Å². The zero-order chi connectivity index (χ0) is 18.7. The number of anilines is 1. The molecule has 7 nitrogen and oxygen atoms in total. The molecule has 0 spiro atoms. The molecule has 1 N–H and O–H groups in total. The Kier molecular flexibility index (Phi) is 5.39. The van der Waals surface area contributed by atoms with Crippen LogP contribution in [0.2, 0.25) is 10.0 Å². The van der Waals surface area contributed by atoms with Gasteiger partial charge in [0.05, 0.1) is 16.2 Å². The molecule has 1 atom stereocenters. The van der Waals surface area contributed by atoms with Crippen molar-refractivity contribution >= 4 is 51.8 Å².